The van der Waals surface area contributed by atoms with E-state index >= 15 is 0 Å². The summed E-state index contributed by atoms with van der Waals surface area (Å²) in [5.41, 5.74) is 3.77. The van der Waals surface area contributed by atoms with Crippen molar-refractivity contribution in [2.75, 3.05) is 26.3 Å². The van der Waals surface area contributed by atoms with Crippen LogP contribution in [0, 0.1) is 0 Å². The van der Waals surface area contributed by atoms with E-state index in [4.69, 9.17) is 9.47 Å². The van der Waals surface area contributed by atoms with Gasteiger partial charge in [-0.25, -0.2) is 0 Å². The van der Waals surface area contributed by atoms with Gasteiger partial charge >= 0.3 is 0 Å². The molecule has 0 heterocycles. The first-order valence-corrected chi connectivity index (χ1v) is 15.8. The van der Waals surface area contributed by atoms with Crippen LogP contribution in [0.5, 0.6) is 11.5 Å². The fourth-order valence-corrected chi connectivity index (χ4v) is 4.83. The van der Waals surface area contributed by atoms with Gasteiger partial charge in [-0.05, 0) is 72.5 Å². The Balaban J connectivity index is 0.974. The summed E-state index contributed by atoms with van der Waals surface area (Å²) < 4.78 is 11.6. The Morgan fingerprint density at radius 2 is 0.818 bits per heavy atom. The fourth-order valence-electron chi connectivity index (χ4n) is 4.83. The van der Waals surface area contributed by atoms with E-state index in [1.165, 1.54) is 11.1 Å². The normalized spacial score (nSPS) is 10.6. The molecule has 0 saturated heterocycles. The van der Waals surface area contributed by atoms with E-state index in [1.807, 2.05) is 84.9 Å². The molecule has 0 aromatic heterocycles. The molecule has 4 aromatic carbocycles. The molecule has 6 nitrogen and oxygen atoms in total. The number of carbonyl (C=O) groups is 2. The second-order valence-electron chi connectivity index (χ2n) is 10.8. The molecule has 2 amide bonds. The molecule has 0 aliphatic rings. The Bertz CT molecular complexity index is 1270. The van der Waals surface area contributed by atoms with Gasteiger partial charge < -0.3 is 20.1 Å². The summed E-state index contributed by atoms with van der Waals surface area (Å²) in [7, 11) is 0. The molecule has 0 aliphatic carbocycles. The number of hydrogen-bond donors (Lipinski definition) is 2. The monoisotopic (exact) mass is 592 g/mol. The highest BCUT2D eigenvalue weighted by Crippen LogP contribution is 2.15. The highest BCUT2D eigenvalue weighted by atomic mass is 16.5. The molecule has 0 aliphatic heterocycles. The van der Waals surface area contributed by atoms with Crippen molar-refractivity contribution in [3.8, 4) is 11.5 Å². The molecule has 4 aromatic rings. The van der Waals surface area contributed by atoms with E-state index in [0.29, 0.717) is 37.4 Å². The van der Waals surface area contributed by atoms with Crippen LogP contribution in [0.2, 0.25) is 0 Å². The first-order chi connectivity index (χ1) is 21.7. The van der Waals surface area contributed by atoms with Crippen molar-refractivity contribution in [2.24, 2.45) is 0 Å². The third-order valence-corrected chi connectivity index (χ3v) is 7.41. The SMILES string of the molecule is O=C(NCCCCCCCCNC(=O)c1ccc(OCCc2ccccc2)cc1)c1ccc(OCCc2ccccc2)cc1. The maximum Gasteiger partial charge on any atom is 0.251 e. The molecule has 2 N–H and O–H groups in total. The van der Waals surface area contributed by atoms with Crippen LogP contribution in [0.25, 0.3) is 0 Å². The zero-order chi connectivity index (χ0) is 30.7. The van der Waals surface area contributed by atoms with Gasteiger partial charge in [-0.3, -0.25) is 9.59 Å². The first kappa shape index (κ1) is 32.3. The topological polar surface area (TPSA) is 76.7 Å². The van der Waals surface area contributed by atoms with Gasteiger partial charge in [0.15, 0.2) is 0 Å². The average Bonchev–Trinajstić information content (AvgIpc) is 3.07. The highest BCUT2D eigenvalue weighted by Gasteiger charge is 2.07. The Kier molecular flexibility index (Phi) is 13.9. The molecule has 0 bridgehead atoms. The van der Waals surface area contributed by atoms with Crippen molar-refractivity contribution in [1.29, 1.82) is 0 Å². The number of unbranched alkanes of at least 4 members (excludes halogenated alkanes) is 5. The third kappa shape index (κ3) is 12.0. The van der Waals surface area contributed by atoms with E-state index in [1.54, 1.807) is 0 Å². The molecule has 0 radical (unpaired) electrons. The Morgan fingerprint density at radius 1 is 0.455 bits per heavy atom. The molecule has 0 atom stereocenters. The van der Waals surface area contributed by atoms with Crippen LogP contribution >= 0.6 is 0 Å². The maximum atomic E-state index is 12.4. The van der Waals surface area contributed by atoms with Crippen molar-refractivity contribution in [1.82, 2.24) is 10.6 Å². The minimum Gasteiger partial charge on any atom is -0.493 e. The van der Waals surface area contributed by atoms with E-state index in [0.717, 1.165) is 62.9 Å². The minimum absolute atomic E-state index is 0.0539. The van der Waals surface area contributed by atoms with Gasteiger partial charge in [0.05, 0.1) is 13.2 Å². The van der Waals surface area contributed by atoms with Crippen LogP contribution in [0.3, 0.4) is 0 Å². The molecule has 6 heteroatoms. The van der Waals surface area contributed by atoms with E-state index < -0.39 is 0 Å². The molecule has 230 valence electrons. The van der Waals surface area contributed by atoms with E-state index in [2.05, 4.69) is 34.9 Å². The van der Waals surface area contributed by atoms with Crippen molar-refractivity contribution in [3.63, 3.8) is 0 Å². The second-order valence-corrected chi connectivity index (χ2v) is 10.8. The van der Waals surface area contributed by atoms with Gasteiger partial charge in [0, 0.05) is 37.1 Å². The molecule has 0 saturated carbocycles. The van der Waals surface area contributed by atoms with Gasteiger partial charge in [-0.1, -0.05) is 86.3 Å². The van der Waals surface area contributed by atoms with Crippen LogP contribution < -0.4 is 20.1 Å². The van der Waals surface area contributed by atoms with Gasteiger partial charge in [-0.2, -0.15) is 0 Å². The van der Waals surface area contributed by atoms with Crippen molar-refractivity contribution in [2.45, 2.75) is 51.4 Å². The summed E-state index contributed by atoms with van der Waals surface area (Å²) in [6, 6.07) is 35.1. The lowest BCUT2D eigenvalue weighted by atomic mass is 10.1. The summed E-state index contributed by atoms with van der Waals surface area (Å²) in [5, 5.41) is 6.01. The van der Waals surface area contributed by atoms with Gasteiger partial charge in [0.2, 0.25) is 0 Å². The molecule has 0 unspecified atom stereocenters. The fraction of sp³-hybridized carbons (Fsp3) is 0.316. The Morgan fingerprint density at radius 3 is 1.20 bits per heavy atom. The van der Waals surface area contributed by atoms with Crippen molar-refractivity contribution < 1.29 is 19.1 Å². The molecular formula is C38H44N2O4. The van der Waals surface area contributed by atoms with Crippen LogP contribution in [-0.4, -0.2) is 38.1 Å². The Labute approximate surface area is 261 Å². The number of carbonyl (C=O) groups excluding carboxylic acids is 2. The summed E-state index contributed by atoms with van der Waals surface area (Å²) in [4.78, 5) is 24.9. The smallest absolute Gasteiger partial charge is 0.251 e. The summed E-state index contributed by atoms with van der Waals surface area (Å²) in [5.74, 6) is 1.43. The van der Waals surface area contributed by atoms with Crippen LogP contribution in [0.4, 0.5) is 0 Å². The summed E-state index contributed by atoms with van der Waals surface area (Å²) >= 11 is 0. The van der Waals surface area contributed by atoms with E-state index in [-0.39, 0.29) is 11.8 Å². The standard InChI is InChI=1S/C38H44N2O4/c41-37(33-17-21-35(22-18-33)43-29-25-31-13-7-5-8-14-31)39-27-11-3-1-2-4-12-28-40-38(42)34-19-23-36(24-20-34)44-30-26-32-15-9-6-10-16-32/h5-10,13-24H,1-4,11-12,25-30H2,(H,39,41)(H,40,42). The second kappa shape index (κ2) is 18.9. The van der Waals surface area contributed by atoms with Crippen molar-refractivity contribution in [3.05, 3.63) is 131 Å². The Hall–Kier alpha value is -4.58. The minimum atomic E-state index is -0.0539. The molecular weight excluding hydrogens is 548 g/mol. The first-order valence-electron chi connectivity index (χ1n) is 15.8. The zero-order valence-corrected chi connectivity index (χ0v) is 25.5. The predicted octanol–water partition coefficient (Wildman–Crippen LogP) is 7.43. The largest absolute Gasteiger partial charge is 0.493 e. The number of rotatable bonds is 19. The number of ether oxygens (including phenoxy) is 2. The van der Waals surface area contributed by atoms with E-state index in [9.17, 15) is 9.59 Å². The average molecular weight is 593 g/mol. The molecule has 4 rings (SSSR count). The summed E-state index contributed by atoms with van der Waals surface area (Å²) in [6.45, 7) is 2.54. The maximum absolute atomic E-state index is 12.4. The third-order valence-electron chi connectivity index (χ3n) is 7.41. The van der Waals surface area contributed by atoms with Gasteiger partial charge in [0.25, 0.3) is 11.8 Å². The van der Waals surface area contributed by atoms with Crippen LogP contribution in [0.15, 0.2) is 109 Å². The van der Waals surface area contributed by atoms with Crippen LogP contribution in [-0.2, 0) is 12.8 Å². The van der Waals surface area contributed by atoms with Gasteiger partial charge in [0.1, 0.15) is 11.5 Å². The van der Waals surface area contributed by atoms with Crippen molar-refractivity contribution >= 4 is 11.8 Å². The predicted molar refractivity (Wildman–Crippen MR) is 177 cm³/mol. The highest BCUT2D eigenvalue weighted by molar-refractivity contribution is 5.94. The molecule has 0 fully saturated rings. The molecule has 44 heavy (non-hydrogen) atoms. The number of nitrogens with one attached hydrogen (secondary N) is 2. The lowest BCUT2D eigenvalue weighted by Crippen LogP contribution is -2.24. The van der Waals surface area contributed by atoms with Gasteiger partial charge in [-0.15, -0.1) is 0 Å². The van der Waals surface area contributed by atoms with Crippen LogP contribution in [0.1, 0.15) is 70.4 Å². The number of hydrogen-bond acceptors (Lipinski definition) is 4. The number of amides is 2. The zero-order valence-electron chi connectivity index (χ0n) is 25.5. The number of benzene rings is 4. The lowest BCUT2D eigenvalue weighted by Gasteiger charge is -2.09. The molecule has 0 spiro atoms. The summed E-state index contributed by atoms with van der Waals surface area (Å²) in [6.07, 6.45) is 7.98. The lowest BCUT2D eigenvalue weighted by molar-refractivity contribution is 0.0944. The quantitative estimate of drug-likeness (QED) is 0.111.